The molecule has 19 heavy (non-hydrogen) atoms. The molecule has 3 nitrogen and oxygen atoms in total. The number of hydrogen-bond acceptors (Lipinski definition) is 3. The van der Waals surface area contributed by atoms with Crippen molar-refractivity contribution in [3.8, 4) is 0 Å². The van der Waals surface area contributed by atoms with E-state index in [1.165, 1.54) is 0 Å². The summed E-state index contributed by atoms with van der Waals surface area (Å²) in [7, 11) is -3.50. The van der Waals surface area contributed by atoms with Crippen LogP contribution in [0.1, 0.15) is 5.56 Å². The second-order valence-corrected chi connectivity index (χ2v) is 6.58. The van der Waals surface area contributed by atoms with Gasteiger partial charge >= 0.3 is 0 Å². The van der Waals surface area contributed by atoms with Gasteiger partial charge in [0.2, 0.25) is 0 Å². The second-order valence-electron chi connectivity index (χ2n) is 4.35. The van der Waals surface area contributed by atoms with E-state index in [4.69, 9.17) is 0 Å². The highest BCUT2D eigenvalue weighted by Gasteiger charge is 2.26. The van der Waals surface area contributed by atoms with Crippen molar-refractivity contribution in [1.29, 1.82) is 0 Å². The average molecular weight is 276 g/mol. The molecule has 2 rings (SSSR count). The van der Waals surface area contributed by atoms with E-state index in [2.05, 4.69) is 0 Å². The van der Waals surface area contributed by atoms with Crippen molar-refractivity contribution in [2.24, 2.45) is 0 Å². The first-order chi connectivity index (χ1) is 9.14. The summed E-state index contributed by atoms with van der Waals surface area (Å²) in [6.07, 6.45) is 0.314. The second kappa shape index (κ2) is 5.99. The summed E-state index contributed by atoms with van der Waals surface area (Å²) < 4.78 is 24.8. The van der Waals surface area contributed by atoms with Gasteiger partial charge in [-0.25, -0.2) is 8.42 Å². The van der Waals surface area contributed by atoms with Crippen LogP contribution >= 0.6 is 0 Å². The number of benzene rings is 2. The fourth-order valence-electron chi connectivity index (χ4n) is 1.95. The number of rotatable bonds is 5. The lowest BCUT2D eigenvalue weighted by atomic mass is 10.1. The predicted octanol–water partition coefficient (Wildman–Crippen LogP) is 2.06. The molecule has 0 radical (unpaired) electrons. The molecule has 0 heterocycles. The minimum atomic E-state index is -3.50. The van der Waals surface area contributed by atoms with Gasteiger partial charge in [-0.1, -0.05) is 48.5 Å². The van der Waals surface area contributed by atoms with E-state index in [0.29, 0.717) is 6.42 Å². The number of aliphatic hydroxyl groups is 1. The third-order valence-corrected chi connectivity index (χ3v) is 5.14. The van der Waals surface area contributed by atoms with Gasteiger partial charge in [0.05, 0.1) is 16.8 Å². The van der Waals surface area contributed by atoms with Crippen LogP contribution in [-0.2, 0) is 16.3 Å². The summed E-state index contributed by atoms with van der Waals surface area (Å²) in [6.45, 7) is -0.383. The van der Waals surface area contributed by atoms with Crippen LogP contribution < -0.4 is 0 Å². The first-order valence-corrected chi connectivity index (χ1v) is 7.63. The van der Waals surface area contributed by atoms with E-state index in [1.807, 2.05) is 30.3 Å². The van der Waals surface area contributed by atoms with Crippen LogP contribution in [0.15, 0.2) is 65.6 Å². The molecular weight excluding hydrogens is 260 g/mol. The topological polar surface area (TPSA) is 54.4 Å². The lowest BCUT2D eigenvalue weighted by Crippen LogP contribution is -2.27. The summed E-state index contributed by atoms with van der Waals surface area (Å²) in [5.74, 6) is 0. The van der Waals surface area contributed by atoms with Crippen molar-refractivity contribution in [2.75, 3.05) is 6.61 Å². The monoisotopic (exact) mass is 276 g/mol. The van der Waals surface area contributed by atoms with Gasteiger partial charge in [0.25, 0.3) is 0 Å². The average Bonchev–Trinajstić information content (AvgIpc) is 2.46. The van der Waals surface area contributed by atoms with Crippen LogP contribution in [0, 0.1) is 0 Å². The standard InChI is InChI=1S/C15H16O3S/c16-12-15(11-13-7-3-1-4-8-13)19(17,18)14-9-5-2-6-10-14/h1-10,15-16H,11-12H2/t15-/m0/s1. The minimum absolute atomic E-state index is 0.255. The number of sulfone groups is 1. The van der Waals surface area contributed by atoms with Crippen LogP contribution in [0.3, 0.4) is 0 Å². The predicted molar refractivity (Wildman–Crippen MR) is 74.6 cm³/mol. The van der Waals surface area contributed by atoms with Crippen LogP contribution in [0.5, 0.6) is 0 Å². The molecule has 1 atom stereocenters. The Hall–Kier alpha value is -1.65. The summed E-state index contributed by atoms with van der Waals surface area (Å²) in [5.41, 5.74) is 0.904. The van der Waals surface area contributed by atoms with E-state index in [9.17, 15) is 13.5 Å². The first kappa shape index (κ1) is 13.8. The zero-order chi connectivity index (χ0) is 13.7. The van der Waals surface area contributed by atoms with E-state index in [-0.39, 0.29) is 11.5 Å². The molecule has 2 aromatic carbocycles. The summed E-state index contributed by atoms with van der Waals surface area (Å²) >= 11 is 0. The largest absolute Gasteiger partial charge is 0.395 e. The van der Waals surface area contributed by atoms with Crippen molar-refractivity contribution in [3.05, 3.63) is 66.2 Å². The molecule has 100 valence electrons. The Morgan fingerprint density at radius 1 is 0.895 bits per heavy atom. The molecule has 1 N–H and O–H groups in total. The molecule has 0 amide bonds. The van der Waals surface area contributed by atoms with Gasteiger partial charge in [-0.05, 0) is 24.1 Å². The molecule has 0 aliphatic rings. The lowest BCUT2D eigenvalue weighted by Gasteiger charge is -2.15. The lowest BCUT2D eigenvalue weighted by molar-refractivity contribution is 0.289. The van der Waals surface area contributed by atoms with Gasteiger partial charge in [-0.2, -0.15) is 0 Å². The molecule has 0 aliphatic carbocycles. The van der Waals surface area contributed by atoms with Crippen molar-refractivity contribution >= 4 is 9.84 Å². The summed E-state index contributed by atoms with van der Waals surface area (Å²) in [4.78, 5) is 0.255. The molecule has 0 aromatic heterocycles. The Labute approximate surface area is 113 Å². The third-order valence-electron chi connectivity index (χ3n) is 3.02. The SMILES string of the molecule is O=S(=O)(c1ccccc1)[C@H](CO)Cc1ccccc1. The highest BCUT2D eigenvalue weighted by atomic mass is 32.2. The molecule has 0 saturated carbocycles. The molecule has 0 spiro atoms. The normalized spacial score (nSPS) is 13.1. The van der Waals surface area contributed by atoms with Gasteiger partial charge in [0, 0.05) is 0 Å². The maximum Gasteiger partial charge on any atom is 0.183 e. The Bertz CT molecular complexity index is 606. The highest BCUT2D eigenvalue weighted by molar-refractivity contribution is 7.92. The number of hydrogen-bond donors (Lipinski definition) is 1. The minimum Gasteiger partial charge on any atom is -0.395 e. The molecule has 0 unspecified atom stereocenters. The summed E-state index contributed by atoms with van der Waals surface area (Å²) in [5, 5.41) is 8.60. The van der Waals surface area contributed by atoms with Crippen molar-refractivity contribution < 1.29 is 13.5 Å². The van der Waals surface area contributed by atoms with Gasteiger partial charge in [-0.3, -0.25) is 0 Å². The fraction of sp³-hybridized carbons (Fsp3) is 0.200. The molecule has 0 aliphatic heterocycles. The molecule has 0 bridgehead atoms. The van der Waals surface area contributed by atoms with Crippen molar-refractivity contribution in [3.63, 3.8) is 0 Å². The van der Waals surface area contributed by atoms with Crippen molar-refractivity contribution in [1.82, 2.24) is 0 Å². The first-order valence-electron chi connectivity index (χ1n) is 6.08. The molecule has 4 heteroatoms. The fourth-order valence-corrected chi connectivity index (χ4v) is 3.48. The third kappa shape index (κ3) is 3.22. The van der Waals surface area contributed by atoms with Crippen LogP contribution in [0.4, 0.5) is 0 Å². The molecule has 0 fully saturated rings. The van der Waals surface area contributed by atoms with Crippen molar-refractivity contribution in [2.45, 2.75) is 16.6 Å². The van der Waals surface area contributed by atoms with E-state index >= 15 is 0 Å². The highest BCUT2D eigenvalue weighted by Crippen LogP contribution is 2.18. The smallest absolute Gasteiger partial charge is 0.183 e. The van der Waals surface area contributed by atoms with E-state index < -0.39 is 15.1 Å². The van der Waals surface area contributed by atoms with Gasteiger partial charge in [0.15, 0.2) is 9.84 Å². The maximum absolute atomic E-state index is 12.4. The van der Waals surface area contributed by atoms with Gasteiger partial charge < -0.3 is 5.11 Å². The number of aliphatic hydroxyl groups excluding tert-OH is 1. The zero-order valence-corrected chi connectivity index (χ0v) is 11.3. The molecular formula is C15H16O3S. The van der Waals surface area contributed by atoms with Gasteiger partial charge in [0.1, 0.15) is 0 Å². The Morgan fingerprint density at radius 2 is 1.42 bits per heavy atom. The quantitative estimate of drug-likeness (QED) is 0.909. The van der Waals surface area contributed by atoms with Crippen LogP contribution in [0.25, 0.3) is 0 Å². The van der Waals surface area contributed by atoms with E-state index in [0.717, 1.165) is 5.56 Å². The Balaban J connectivity index is 2.27. The summed E-state index contributed by atoms with van der Waals surface area (Å²) in [6, 6.07) is 17.6. The maximum atomic E-state index is 12.4. The Kier molecular flexibility index (Phi) is 4.35. The zero-order valence-electron chi connectivity index (χ0n) is 10.4. The van der Waals surface area contributed by atoms with E-state index in [1.54, 1.807) is 30.3 Å². The Morgan fingerprint density at radius 3 is 1.95 bits per heavy atom. The molecule has 2 aromatic rings. The molecule has 0 saturated heterocycles. The van der Waals surface area contributed by atoms with Crippen LogP contribution in [-0.4, -0.2) is 25.4 Å². The van der Waals surface area contributed by atoms with Crippen LogP contribution in [0.2, 0.25) is 0 Å². The van der Waals surface area contributed by atoms with Gasteiger partial charge in [-0.15, -0.1) is 0 Å².